The van der Waals surface area contributed by atoms with E-state index in [4.69, 9.17) is 28.4 Å². The smallest absolute Gasteiger partial charge is 0.127 e. The number of hydrogen-bond acceptors (Lipinski definition) is 6. The first-order valence-corrected chi connectivity index (χ1v) is 16.6. The SMILES string of the molecule is c1cc(OCCOc2cccc3c(OCCCCCCC4CO4)cccc23)c2cccc(OCCCCCCC3CO3)c2c1. The summed E-state index contributed by atoms with van der Waals surface area (Å²) in [4.78, 5) is 0. The Kier molecular flexibility index (Phi) is 11.1. The summed E-state index contributed by atoms with van der Waals surface area (Å²) in [6.45, 7) is 4.26. The van der Waals surface area contributed by atoms with Gasteiger partial charge < -0.3 is 28.4 Å². The largest absolute Gasteiger partial charge is 0.493 e. The van der Waals surface area contributed by atoms with Gasteiger partial charge in [0.15, 0.2) is 0 Å². The van der Waals surface area contributed by atoms with Crippen molar-refractivity contribution in [3.05, 3.63) is 72.8 Å². The zero-order valence-electron chi connectivity index (χ0n) is 25.8. The highest BCUT2D eigenvalue weighted by Crippen LogP contribution is 2.34. The Bertz CT molecular complexity index is 1350. The third kappa shape index (κ3) is 9.02. The molecule has 6 rings (SSSR count). The highest BCUT2D eigenvalue weighted by atomic mass is 16.6. The Labute approximate surface area is 261 Å². The normalized spacial score (nSPS) is 17.1. The molecule has 0 saturated carbocycles. The van der Waals surface area contributed by atoms with Crippen molar-refractivity contribution in [3.8, 4) is 23.0 Å². The molecule has 0 bridgehead atoms. The van der Waals surface area contributed by atoms with Crippen molar-refractivity contribution in [2.75, 3.05) is 39.6 Å². The fourth-order valence-electron chi connectivity index (χ4n) is 5.80. The second-order valence-corrected chi connectivity index (χ2v) is 11.9. The molecule has 2 aliphatic rings. The summed E-state index contributed by atoms with van der Waals surface area (Å²) in [5.74, 6) is 3.50. The molecule has 0 N–H and O–H groups in total. The molecule has 2 saturated heterocycles. The van der Waals surface area contributed by atoms with Crippen molar-refractivity contribution in [1.29, 1.82) is 0 Å². The number of rotatable bonds is 21. The maximum atomic E-state index is 6.21. The standard InChI is InChI=1S/C38H46O6/c1(5-13-29-27-43-29)3-7-23-39-35-19-9-17-33-31(35)15-11-21-37(33)41-25-26-42-38-22-12-16-32-34(38)18-10-20-36(32)40-24-8-4-2-6-14-30-28-44-30/h9-12,15-22,29-30H,1-8,13-14,23-28H2. The Morgan fingerprint density at radius 2 is 0.727 bits per heavy atom. The first-order chi connectivity index (χ1) is 21.8. The molecule has 44 heavy (non-hydrogen) atoms. The van der Waals surface area contributed by atoms with Crippen LogP contribution in [0.25, 0.3) is 21.5 Å². The summed E-state index contributed by atoms with van der Waals surface area (Å²) >= 11 is 0. The molecule has 2 fully saturated rings. The molecule has 6 heteroatoms. The number of benzene rings is 4. The minimum Gasteiger partial charge on any atom is -0.493 e. The van der Waals surface area contributed by atoms with E-state index in [1.54, 1.807) is 0 Å². The zero-order chi connectivity index (χ0) is 29.8. The second kappa shape index (κ2) is 16.0. The summed E-state index contributed by atoms with van der Waals surface area (Å²) in [5, 5.41) is 4.26. The summed E-state index contributed by atoms with van der Waals surface area (Å²) in [6.07, 6.45) is 13.0. The molecule has 0 radical (unpaired) electrons. The van der Waals surface area contributed by atoms with E-state index in [1.165, 1.54) is 51.4 Å². The van der Waals surface area contributed by atoms with Crippen LogP contribution < -0.4 is 18.9 Å². The topological polar surface area (TPSA) is 62.0 Å². The molecular weight excluding hydrogens is 552 g/mol. The summed E-state index contributed by atoms with van der Waals surface area (Å²) in [6, 6.07) is 24.6. The van der Waals surface area contributed by atoms with Gasteiger partial charge in [0.1, 0.15) is 36.2 Å². The van der Waals surface area contributed by atoms with E-state index in [9.17, 15) is 0 Å². The summed E-state index contributed by atoms with van der Waals surface area (Å²) < 4.78 is 35.4. The Morgan fingerprint density at radius 3 is 1.07 bits per heavy atom. The quantitative estimate of drug-likeness (QED) is 0.0705. The summed E-state index contributed by atoms with van der Waals surface area (Å²) in [5.41, 5.74) is 0. The maximum Gasteiger partial charge on any atom is 0.127 e. The van der Waals surface area contributed by atoms with Crippen LogP contribution in [-0.2, 0) is 9.47 Å². The van der Waals surface area contributed by atoms with Crippen molar-refractivity contribution in [3.63, 3.8) is 0 Å². The molecule has 0 aromatic heterocycles. The minimum atomic E-state index is 0.440. The minimum absolute atomic E-state index is 0.440. The van der Waals surface area contributed by atoms with Crippen molar-refractivity contribution in [2.45, 2.75) is 76.4 Å². The van der Waals surface area contributed by atoms with E-state index in [-0.39, 0.29) is 0 Å². The molecule has 0 amide bonds. The van der Waals surface area contributed by atoms with Gasteiger partial charge in [0, 0.05) is 21.5 Å². The highest BCUT2D eigenvalue weighted by molar-refractivity contribution is 5.93. The number of epoxide rings is 2. The molecular formula is C38H46O6. The number of ether oxygens (including phenoxy) is 6. The zero-order valence-corrected chi connectivity index (χ0v) is 25.8. The van der Waals surface area contributed by atoms with E-state index in [2.05, 4.69) is 24.3 Å². The van der Waals surface area contributed by atoms with Crippen LogP contribution >= 0.6 is 0 Å². The van der Waals surface area contributed by atoms with Gasteiger partial charge in [-0.05, 0) is 49.9 Å². The first kappa shape index (κ1) is 30.5. The van der Waals surface area contributed by atoms with Gasteiger partial charge in [0.25, 0.3) is 0 Å². The van der Waals surface area contributed by atoms with Crippen molar-refractivity contribution in [2.24, 2.45) is 0 Å². The Hall–Kier alpha value is -3.48. The Balaban J connectivity index is 0.959. The highest BCUT2D eigenvalue weighted by Gasteiger charge is 2.21. The lowest BCUT2D eigenvalue weighted by atomic mass is 10.1. The molecule has 4 aromatic carbocycles. The monoisotopic (exact) mass is 598 g/mol. The molecule has 2 atom stereocenters. The molecule has 2 heterocycles. The Morgan fingerprint density at radius 1 is 0.409 bits per heavy atom. The lowest BCUT2D eigenvalue weighted by molar-refractivity contribution is 0.220. The van der Waals surface area contributed by atoms with Crippen molar-refractivity contribution < 1.29 is 28.4 Å². The van der Waals surface area contributed by atoms with Crippen LogP contribution in [0.3, 0.4) is 0 Å². The van der Waals surface area contributed by atoms with Gasteiger partial charge in [-0.15, -0.1) is 0 Å². The summed E-state index contributed by atoms with van der Waals surface area (Å²) in [7, 11) is 0. The third-order valence-corrected chi connectivity index (χ3v) is 8.44. The molecule has 0 aliphatic carbocycles. The average molecular weight is 599 g/mol. The van der Waals surface area contributed by atoms with E-state index in [1.807, 2.05) is 48.5 Å². The molecule has 0 spiro atoms. The predicted octanol–water partition coefficient (Wildman–Crippen LogP) is 8.91. The van der Waals surface area contributed by atoms with Crippen LogP contribution in [0, 0.1) is 0 Å². The third-order valence-electron chi connectivity index (χ3n) is 8.44. The fraction of sp³-hybridized carbons (Fsp3) is 0.474. The van der Waals surface area contributed by atoms with Crippen LogP contribution in [0.1, 0.15) is 64.2 Å². The van der Waals surface area contributed by atoms with Crippen LogP contribution in [0.15, 0.2) is 72.8 Å². The van der Waals surface area contributed by atoms with Gasteiger partial charge in [-0.1, -0.05) is 87.1 Å². The predicted molar refractivity (Wildman–Crippen MR) is 176 cm³/mol. The van der Waals surface area contributed by atoms with Crippen molar-refractivity contribution in [1.82, 2.24) is 0 Å². The molecule has 2 aliphatic heterocycles. The number of unbranched alkanes of at least 4 members (excludes halogenated alkanes) is 6. The lowest BCUT2D eigenvalue weighted by Crippen LogP contribution is -2.09. The van der Waals surface area contributed by atoms with Gasteiger partial charge in [0.2, 0.25) is 0 Å². The van der Waals surface area contributed by atoms with Gasteiger partial charge in [-0.3, -0.25) is 0 Å². The van der Waals surface area contributed by atoms with E-state index < -0.39 is 0 Å². The van der Waals surface area contributed by atoms with Crippen molar-refractivity contribution >= 4 is 21.5 Å². The van der Waals surface area contributed by atoms with Gasteiger partial charge in [-0.2, -0.15) is 0 Å². The maximum absolute atomic E-state index is 6.21. The van der Waals surface area contributed by atoms with Crippen LogP contribution in [0.5, 0.6) is 23.0 Å². The van der Waals surface area contributed by atoms with Crippen LogP contribution in [0.4, 0.5) is 0 Å². The molecule has 2 unspecified atom stereocenters. The van der Waals surface area contributed by atoms with Crippen LogP contribution in [0.2, 0.25) is 0 Å². The van der Waals surface area contributed by atoms with Gasteiger partial charge in [0.05, 0.1) is 38.6 Å². The molecule has 4 aromatic rings. The second-order valence-electron chi connectivity index (χ2n) is 11.9. The van der Waals surface area contributed by atoms with Crippen LogP contribution in [-0.4, -0.2) is 51.8 Å². The van der Waals surface area contributed by atoms with Gasteiger partial charge >= 0.3 is 0 Å². The number of hydrogen-bond donors (Lipinski definition) is 0. The lowest BCUT2D eigenvalue weighted by Gasteiger charge is -2.15. The van der Waals surface area contributed by atoms with E-state index in [0.717, 1.165) is 83.8 Å². The van der Waals surface area contributed by atoms with E-state index >= 15 is 0 Å². The fourth-order valence-corrected chi connectivity index (χ4v) is 5.80. The van der Waals surface area contributed by atoms with Gasteiger partial charge in [-0.25, -0.2) is 0 Å². The average Bonchev–Trinajstić information content (AvgIpc) is 3.99. The molecule has 234 valence electrons. The first-order valence-electron chi connectivity index (χ1n) is 16.6. The number of fused-ring (bicyclic) bond motifs is 2. The van der Waals surface area contributed by atoms with E-state index in [0.29, 0.717) is 25.4 Å². The molecule has 6 nitrogen and oxygen atoms in total.